The minimum absolute atomic E-state index is 0.119. The van der Waals surface area contributed by atoms with Crippen LogP contribution in [0.2, 0.25) is 0 Å². The van der Waals surface area contributed by atoms with Crippen LogP contribution in [0.5, 0.6) is 0 Å². The Morgan fingerprint density at radius 2 is 1.50 bits per heavy atom. The van der Waals surface area contributed by atoms with Crippen molar-refractivity contribution in [2.45, 2.75) is 70.8 Å². The summed E-state index contributed by atoms with van der Waals surface area (Å²) in [5, 5.41) is 9.81. The van der Waals surface area contributed by atoms with Crippen LogP contribution in [0.25, 0.3) is 0 Å². The van der Waals surface area contributed by atoms with Gasteiger partial charge in [-0.2, -0.15) is 0 Å². The highest BCUT2D eigenvalue weighted by atomic mass is 31.2. The predicted octanol–water partition coefficient (Wildman–Crippen LogP) is 3.80. The summed E-state index contributed by atoms with van der Waals surface area (Å²) in [7, 11) is 2.49. The van der Waals surface area contributed by atoms with E-state index in [1.807, 2.05) is 21.1 Å². The van der Waals surface area contributed by atoms with E-state index in [1.54, 1.807) is 0 Å². The monoisotopic (exact) mass is 396 g/mol. The standard InChI is InChI=1S/C19H42NO5P/c1-5-6-7-8-9-10-11-12-15-24-17-19(21)18-25-26(22,23)16-13-14-20(2,3)4/h19,21H,5-18H2,1-4H3/p+1/t19-/m1/s1. The van der Waals surface area contributed by atoms with Gasteiger partial charge in [0.25, 0.3) is 0 Å². The van der Waals surface area contributed by atoms with Gasteiger partial charge in [0.2, 0.25) is 0 Å². The summed E-state index contributed by atoms with van der Waals surface area (Å²) >= 11 is 0. The molecule has 0 aliphatic heterocycles. The molecule has 0 aromatic heterocycles. The second-order valence-electron chi connectivity index (χ2n) is 8.23. The summed E-state index contributed by atoms with van der Waals surface area (Å²) in [6, 6.07) is 0. The smallest absolute Gasteiger partial charge is 0.328 e. The van der Waals surface area contributed by atoms with Crippen LogP contribution in [0.4, 0.5) is 0 Å². The van der Waals surface area contributed by atoms with Gasteiger partial charge >= 0.3 is 7.60 Å². The molecule has 0 saturated carbocycles. The fraction of sp³-hybridized carbons (Fsp3) is 1.00. The maximum Gasteiger partial charge on any atom is 0.328 e. The molecule has 0 aromatic carbocycles. The number of unbranched alkanes of at least 4 members (excludes halogenated alkanes) is 7. The van der Waals surface area contributed by atoms with Gasteiger partial charge in [0.1, 0.15) is 6.10 Å². The van der Waals surface area contributed by atoms with Crippen molar-refractivity contribution in [1.29, 1.82) is 0 Å². The van der Waals surface area contributed by atoms with Crippen molar-refractivity contribution in [3.05, 3.63) is 0 Å². The SMILES string of the molecule is CCCCCCCCCCOC[C@@H](O)COP(=O)(O)CCC[N+](C)(C)C. The minimum Gasteiger partial charge on any atom is -0.388 e. The number of rotatable bonds is 18. The molecular weight excluding hydrogens is 353 g/mol. The predicted molar refractivity (Wildman–Crippen MR) is 108 cm³/mol. The summed E-state index contributed by atoms with van der Waals surface area (Å²) in [6.45, 7) is 3.64. The van der Waals surface area contributed by atoms with Crippen molar-refractivity contribution in [2.24, 2.45) is 0 Å². The van der Waals surface area contributed by atoms with Gasteiger partial charge in [-0.05, 0) is 6.42 Å². The largest absolute Gasteiger partial charge is 0.388 e. The van der Waals surface area contributed by atoms with Crippen molar-refractivity contribution < 1.29 is 28.3 Å². The van der Waals surface area contributed by atoms with Crippen molar-refractivity contribution in [3.63, 3.8) is 0 Å². The lowest BCUT2D eigenvalue weighted by Gasteiger charge is -2.24. The molecule has 0 spiro atoms. The van der Waals surface area contributed by atoms with Crippen molar-refractivity contribution in [2.75, 3.05) is 53.7 Å². The van der Waals surface area contributed by atoms with E-state index in [9.17, 15) is 14.6 Å². The molecule has 1 unspecified atom stereocenters. The van der Waals surface area contributed by atoms with Crippen LogP contribution in [-0.4, -0.2) is 74.3 Å². The summed E-state index contributed by atoms with van der Waals surface area (Å²) in [5.74, 6) is 0. The fourth-order valence-corrected chi connectivity index (χ4v) is 3.69. The first-order valence-corrected chi connectivity index (χ1v) is 11.9. The van der Waals surface area contributed by atoms with Crippen LogP contribution in [0.15, 0.2) is 0 Å². The molecular formula is C19H43NO5P+. The molecule has 158 valence electrons. The Kier molecular flexibility index (Phi) is 15.0. The van der Waals surface area contributed by atoms with Gasteiger partial charge in [-0.15, -0.1) is 0 Å². The molecule has 0 rings (SSSR count). The molecule has 2 N–H and O–H groups in total. The average Bonchev–Trinajstić information content (AvgIpc) is 2.53. The molecule has 0 heterocycles. The van der Waals surface area contributed by atoms with Crippen LogP contribution in [-0.2, 0) is 13.8 Å². The second-order valence-corrected chi connectivity index (χ2v) is 10.2. The van der Waals surface area contributed by atoms with E-state index >= 15 is 0 Å². The Hall–Kier alpha value is 0.0300. The highest BCUT2D eigenvalue weighted by molar-refractivity contribution is 7.52. The van der Waals surface area contributed by atoms with Gasteiger partial charge in [-0.3, -0.25) is 4.57 Å². The number of nitrogens with zero attached hydrogens (tertiary/aromatic N) is 1. The third-order valence-corrected chi connectivity index (χ3v) is 5.62. The van der Waals surface area contributed by atoms with E-state index in [4.69, 9.17) is 9.26 Å². The van der Waals surface area contributed by atoms with E-state index in [2.05, 4.69) is 6.92 Å². The number of hydrogen-bond donors (Lipinski definition) is 2. The Morgan fingerprint density at radius 1 is 0.923 bits per heavy atom. The van der Waals surface area contributed by atoms with Gasteiger partial charge in [0.05, 0.1) is 47.1 Å². The van der Waals surface area contributed by atoms with Gasteiger partial charge in [-0.25, -0.2) is 0 Å². The van der Waals surface area contributed by atoms with Crippen LogP contribution in [0.3, 0.4) is 0 Å². The molecule has 26 heavy (non-hydrogen) atoms. The molecule has 0 aliphatic carbocycles. The molecule has 2 atom stereocenters. The number of aliphatic hydroxyl groups excluding tert-OH is 1. The van der Waals surface area contributed by atoms with Crippen LogP contribution >= 0.6 is 7.60 Å². The van der Waals surface area contributed by atoms with Crippen LogP contribution in [0.1, 0.15) is 64.7 Å². The third-order valence-electron chi connectivity index (χ3n) is 4.19. The first kappa shape index (κ1) is 26.0. The first-order valence-electron chi connectivity index (χ1n) is 10.2. The molecule has 6 nitrogen and oxygen atoms in total. The van der Waals surface area contributed by atoms with Crippen molar-refractivity contribution in [1.82, 2.24) is 0 Å². The van der Waals surface area contributed by atoms with Gasteiger partial charge in [0, 0.05) is 13.0 Å². The van der Waals surface area contributed by atoms with E-state index in [0.29, 0.717) is 13.0 Å². The van der Waals surface area contributed by atoms with E-state index in [0.717, 1.165) is 23.9 Å². The molecule has 0 bridgehead atoms. The molecule has 0 amide bonds. The topological polar surface area (TPSA) is 76.0 Å². The molecule has 0 fully saturated rings. The molecule has 0 aliphatic rings. The van der Waals surface area contributed by atoms with Gasteiger partial charge in [0.15, 0.2) is 0 Å². The van der Waals surface area contributed by atoms with E-state index in [-0.39, 0.29) is 19.4 Å². The quantitative estimate of drug-likeness (QED) is 0.209. The summed E-state index contributed by atoms with van der Waals surface area (Å²) in [5.41, 5.74) is 0. The normalized spacial score (nSPS) is 15.8. The second kappa shape index (κ2) is 15.0. The maximum absolute atomic E-state index is 11.9. The molecule has 7 heteroatoms. The van der Waals surface area contributed by atoms with Crippen LogP contribution in [0, 0.1) is 0 Å². The Morgan fingerprint density at radius 3 is 2.08 bits per heavy atom. The number of aliphatic hydroxyl groups is 1. The summed E-state index contributed by atoms with van der Waals surface area (Å²) < 4.78 is 23.1. The highest BCUT2D eigenvalue weighted by Gasteiger charge is 2.22. The van der Waals surface area contributed by atoms with Gasteiger partial charge < -0.3 is 23.7 Å². The summed E-state index contributed by atoms with van der Waals surface area (Å²) in [6.07, 6.45) is 9.81. The zero-order chi connectivity index (χ0) is 19.9. The maximum atomic E-state index is 11.9. The van der Waals surface area contributed by atoms with Crippen molar-refractivity contribution >= 4 is 7.60 Å². The Balaban J connectivity index is 3.55. The third kappa shape index (κ3) is 18.8. The lowest BCUT2D eigenvalue weighted by molar-refractivity contribution is -0.870. The number of hydrogen-bond acceptors (Lipinski definition) is 4. The molecule has 0 saturated heterocycles. The zero-order valence-electron chi connectivity index (χ0n) is 17.5. The number of quaternary nitrogens is 1. The number of ether oxygens (including phenoxy) is 1. The lowest BCUT2D eigenvalue weighted by Crippen LogP contribution is -2.35. The fourth-order valence-electron chi connectivity index (χ4n) is 2.62. The lowest BCUT2D eigenvalue weighted by atomic mass is 10.1. The van der Waals surface area contributed by atoms with E-state index in [1.165, 1.54) is 38.5 Å². The minimum atomic E-state index is -3.62. The first-order chi connectivity index (χ1) is 12.2. The average molecular weight is 397 g/mol. The van der Waals surface area contributed by atoms with Crippen molar-refractivity contribution in [3.8, 4) is 0 Å². The Labute approximate surface area is 161 Å². The zero-order valence-corrected chi connectivity index (χ0v) is 18.4. The van der Waals surface area contributed by atoms with Gasteiger partial charge in [-0.1, -0.05) is 51.9 Å². The van der Waals surface area contributed by atoms with Crippen LogP contribution < -0.4 is 0 Å². The molecule has 0 radical (unpaired) electrons. The Bertz CT molecular complexity index is 373. The van der Waals surface area contributed by atoms with E-state index < -0.39 is 13.7 Å². The summed E-state index contributed by atoms with van der Waals surface area (Å²) in [4.78, 5) is 9.78. The molecule has 0 aromatic rings. The highest BCUT2D eigenvalue weighted by Crippen LogP contribution is 2.42.